The number of nitrogens with two attached hydrogens (primary N) is 1. The second kappa shape index (κ2) is 5.55. The quantitative estimate of drug-likeness (QED) is 0.838. The molecule has 2 N–H and O–H groups in total. The number of thioether (sulfide) groups is 2. The summed E-state index contributed by atoms with van der Waals surface area (Å²) in [5.74, 6) is 0.921. The van der Waals surface area contributed by atoms with Crippen molar-refractivity contribution >= 4 is 40.5 Å². The van der Waals surface area contributed by atoms with Gasteiger partial charge in [-0.15, -0.1) is 10.2 Å². The van der Waals surface area contributed by atoms with Crippen molar-refractivity contribution in [2.75, 3.05) is 17.7 Å². The van der Waals surface area contributed by atoms with E-state index >= 15 is 0 Å². The number of hydrogen-bond acceptors (Lipinski definition) is 7. The average molecular weight is 273 g/mol. The van der Waals surface area contributed by atoms with Crippen molar-refractivity contribution in [3.63, 3.8) is 0 Å². The molecule has 2 heterocycles. The van der Waals surface area contributed by atoms with Crippen LogP contribution in [0.15, 0.2) is 21.1 Å². The molecule has 0 saturated heterocycles. The Bertz CT molecular complexity index is 452. The Morgan fingerprint density at radius 1 is 1.44 bits per heavy atom. The second-order valence-corrected chi connectivity index (χ2v) is 6.30. The molecule has 5 nitrogen and oxygen atoms in total. The van der Waals surface area contributed by atoms with E-state index in [1.807, 2.05) is 17.1 Å². The molecule has 0 unspecified atom stereocenters. The standard InChI is InChI=1S/C8H11N5S3/c1-14-7-11-12-8(16-7)15-3-2-13-5-6(9)4-10-13/h4-5H,2-3,9H2,1H3. The van der Waals surface area contributed by atoms with E-state index < -0.39 is 0 Å². The van der Waals surface area contributed by atoms with E-state index in [9.17, 15) is 0 Å². The van der Waals surface area contributed by atoms with Gasteiger partial charge >= 0.3 is 0 Å². The zero-order chi connectivity index (χ0) is 11.4. The Morgan fingerprint density at radius 3 is 2.88 bits per heavy atom. The van der Waals surface area contributed by atoms with Crippen molar-refractivity contribution in [3.8, 4) is 0 Å². The highest BCUT2D eigenvalue weighted by Gasteiger charge is 2.03. The highest BCUT2D eigenvalue weighted by Crippen LogP contribution is 2.27. The molecular formula is C8H11N5S3. The van der Waals surface area contributed by atoms with Crippen LogP contribution in [0.1, 0.15) is 0 Å². The Kier molecular flexibility index (Phi) is 4.08. The van der Waals surface area contributed by atoms with Crippen LogP contribution in [0, 0.1) is 0 Å². The molecule has 0 saturated carbocycles. The van der Waals surface area contributed by atoms with Gasteiger partial charge in [0.15, 0.2) is 8.68 Å². The molecule has 86 valence electrons. The first kappa shape index (κ1) is 11.7. The maximum atomic E-state index is 5.57. The third-order valence-corrected chi connectivity index (χ3v) is 4.77. The maximum Gasteiger partial charge on any atom is 0.175 e. The van der Waals surface area contributed by atoms with Crippen LogP contribution in [0.2, 0.25) is 0 Å². The van der Waals surface area contributed by atoms with Gasteiger partial charge in [0.05, 0.1) is 18.4 Å². The number of hydrogen-bond donors (Lipinski definition) is 1. The molecule has 0 aromatic carbocycles. The predicted molar refractivity (Wildman–Crippen MR) is 69.1 cm³/mol. The van der Waals surface area contributed by atoms with Gasteiger partial charge in [-0.25, -0.2) is 0 Å². The third-order valence-electron chi connectivity index (χ3n) is 1.76. The molecule has 0 aliphatic rings. The lowest BCUT2D eigenvalue weighted by molar-refractivity contribution is 0.666. The Morgan fingerprint density at radius 2 is 2.25 bits per heavy atom. The van der Waals surface area contributed by atoms with Crippen molar-refractivity contribution in [2.45, 2.75) is 15.2 Å². The van der Waals surface area contributed by atoms with E-state index in [0.29, 0.717) is 5.69 Å². The number of nitrogens with zero attached hydrogens (tertiary/aromatic N) is 4. The fourth-order valence-electron chi connectivity index (χ4n) is 1.07. The molecule has 0 bridgehead atoms. The summed E-state index contributed by atoms with van der Waals surface area (Å²) in [4.78, 5) is 0. The van der Waals surface area contributed by atoms with Gasteiger partial charge in [-0.3, -0.25) is 4.68 Å². The van der Waals surface area contributed by atoms with Gasteiger partial charge in [0, 0.05) is 11.9 Å². The number of nitrogen functional groups attached to an aromatic ring is 1. The van der Waals surface area contributed by atoms with E-state index in [2.05, 4.69) is 15.3 Å². The molecule has 8 heteroatoms. The molecule has 2 aromatic rings. The lowest BCUT2D eigenvalue weighted by Crippen LogP contribution is -2.00. The minimum absolute atomic E-state index is 0.700. The molecule has 0 fully saturated rings. The summed E-state index contributed by atoms with van der Waals surface area (Å²) in [5.41, 5.74) is 6.27. The van der Waals surface area contributed by atoms with E-state index in [-0.39, 0.29) is 0 Å². The smallest absolute Gasteiger partial charge is 0.175 e. The van der Waals surface area contributed by atoms with Gasteiger partial charge in [0.2, 0.25) is 0 Å². The zero-order valence-electron chi connectivity index (χ0n) is 8.66. The molecule has 2 aromatic heterocycles. The summed E-state index contributed by atoms with van der Waals surface area (Å²) in [5, 5.41) is 12.2. The molecule has 0 aliphatic carbocycles. The first-order valence-corrected chi connectivity index (χ1v) is 7.59. The fourth-order valence-corrected chi connectivity index (χ4v) is 3.50. The van der Waals surface area contributed by atoms with E-state index in [1.54, 1.807) is 41.1 Å². The third kappa shape index (κ3) is 3.13. The second-order valence-electron chi connectivity index (χ2n) is 2.92. The summed E-state index contributed by atoms with van der Waals surface area (Å²) in [6.45, 7) is 0.829. The number of aryl methyl sites for hydroxylation is 1. The monoisotopic (exact) mass is 273 g/mol. The van der Waals surface area contributed by atoms with Crippen molar-refractivity contribution in [1.82, 2.24) is 20.0 Å². The van der Waals surface area contributed by atoms with Gasteiger partial charge < -0.3 is 5.73 Å². The van der Waals surface area contributed by atoms with Gasteiger partial charge in [-0.2, -0.15) is 5.10 Å². The van der Waals surface area contributed by atoms with Gasteiger partial charge in [0.1, 0.15) is 0 Å². The van der Waals surface area contributed by atoms with E-state index in [4.69, 9.17) is 5.73 Å². The summed E-state index contributed by atoms with van der Waals surface area (Å²) in [7, 11) is 0. The van der Waals surface area contributed by atoms with Crippen LogP contribution in [0.25, 0.3) is 0 Å². The lowest BCUT2D eigenvalue weighted by Gasteiger charge is -1.97. The van der Waals surface area contributed by atoms with Crippen LogP contribution in [-0.2, 0) is 6.54 Å². The summed E-state index contributed by atoms with van der Waals surface area (Å²) in [6.07, 6.45) is 5.48. The maximum absolute atomic E-state index is 5.57. The minimum Gasteiger partial charge on any atom is -0.396 e. The predicted octanol–water partition coefficient (Wildman–Crippen LogP) is 1.83. The fraction of sp³-hybridized carbons (Fsp3) is 0.375. The SMILES string of the molecule is CSc1nnc(SCCn2cc(N)cn2)s1. The van der Waals surface area contributed by atoms with Gasteiger partial charge in [0.25, 0.3) is 0 Å². The zero-order valence-corrected chi connectivity index (χ0v) is 11.1. The Hall–Kier alpha value is -0.730. The molecule has 0 atom stereocenters. The van der Waals surface area contributed by atoms with Crippen LogP contribution in [0.3, 0.4) is 0 Å². The molecule has 0 aliphatic heterocycles. The first-order chi connectivity index (χ1) is 7.78. The van der Waals surface area contributed by atoms with Crippen molar-refractivity contribution < 1.29 is 0 Å². The summed E-state index contributed by atoms with van der Waals surface area (Å²) < 4.78 is 3.84. The molecular weight excluding hydrogens is 262 g/mol. The Balaban J connectivity index is 1.79. The van der Waals surface area contributed by atoms with E-state index in [0.717, 1.165) is 21.0 Å². The number of anilines is 1. The van der Waals surface area contributed by atoms with Gasteiger partial charge in [-0.05, 0) is 6.26 Å². The van der Waals surface area contributed by atoms with Crippen molar-refractivity contribution in [1.29, 1.82) is 0 Å². The highest BCUT2D eigenvalue weighted by molar-refractivity contribution is 8.02. The van der Waals surface area contributed by atoms with Gasteiger partial charge in [-0.1, -0.05) is 34.9 Å². The van der Waals surface area contributed by atoms with Crippen LogP contribution >= 0.6 is 34.9 Å². The van der Waals surface area contributed by atoms with Crippen molar-refractivity contribution in [3.05, 3.63) is 12.4 Å². The Labute approximate surface area is 106 Å². The number of aromatic nitrogens is 4. The molecule has 0 spiro atoms. The summed E-state index contributed by atoms with van der Waals surface area (Å²) >= 11 is 4.93. The van der Waals surface area contributed by atoms with Crippen LogP contribution in [0.5, 0.6) is 0 Å². The molecule has 0 radical (unpaired) electrons. The molecule has 16 heavy (non-hydrogen) atoms. The van der Waals surface area contributed by atoms with E-state index in [1.165, 1.54) is 0 Å². The summed E-state index contributed by atoms with van der Waals surface area (Å²) in [6, 6.07) is 0. The normalized spacial score (nSPS) is 10.8. The minimum atomic E-state index is 0.700. The number of rotatable bonds is 5. The van der Waals surface area contributed by atoms with Crippen LogP contribution in [-0.4, -0.2) is 32.0 Å². The largest absolute Gasteiger partial charge is 0.396 e. The first-order valence-electron chi connectivity index (χ1n) is 4.56. The molecule has 0 amide bonds. The lowest BCUT2D eigenvalue weighted by atomic mass is 10.6. The van der Waals surface area contributed by atoms with Crippen LogP contribution in [0.4, 0.5) is 5.69 Å². The topological polar surface area (TPSA) is 69.6 Å². The highest BCUT2D eigenvalue weighted by atomic mass is 32.2. The molecule has 2 rings (SSSR count). The van der Waals surface area contributed by atoms with Crippen molar-refractivity contribution in [2.24, 2.45) is 0 Å². The van der Waals surface area contributed by atoms with Crippen LogP contribution < -0.4 is 5.73 Å². The average Bonchev–Trinajstić information content (AvgIpc) is 2.88.